The predicted octanol–water partition coefficient (Wildman–Crippen LogP) is 2.92. The Balaban J connectivity index is 2.27. The molecule has 1 aliphatic heterocycles. The lowest BCUT2D eigenvalue weighted by Gasteiger charge is -2.32. The first-order valence-electron chi connectivity index (χ1n) is 8.08. The van der Waals surface area contributed by atoms with E-state index in [-0.39, 0.29) is 12.5 Å². The van der Waals surface area contributed by atoms with Crippen LogP contribution in [0.3, 0.4) is 0 Å². The molecule has 1 aromatic carbocycles. The van der Waals surface area contributed by atoms with Crippen LogP contribution in [0.4, 0.5) is 0 Å². The number of nitrogens with zero attached hydrogens (tertiary/aromatic N) is 1. The van der Waals surface area contributed by atoms with Gasteiger partial charge in [-0.3, -0.25) is 4.79 Å². The number of hydrogen-bond donors (Lipinski definition) is 1. The van der Waals surface area contributed by atoms with Gasteiger partial charge in [0.05, 0.1) is 13.5 Å². The lowest BCUT2D eigenvalue weighted by atomic mass is 9.81. The van der Waals surface area contributed by atoms with Gasteiger partial charge in [-0.25, -0.2) is 0 Å². The van der Waals surface area contributed by atoms with Crippen molar-refractivity contribution in [3.8, 4) is 11.5 Å². The first-order chi connectivity index (χ1) is 10.8. The van der Waals surface area contributed by atoms with E-state index in [2.05, 4.69) is 11.9 Å². The standard InChI is InChI=1S/C18H27NO4/c1-18(2,11-16(20)21)14-8-5-9-15(17(14)22-4)23-13-7-6-10-19(3)12-13/h5,8-9,13H,6-7,10-12H2,1-4H3,(H,20,21). The largest absolute Gasteiger partial charge is 0.493 e. The third-order valence-corrected chi connectivity index (χ3v) is 4.38. The van der Waals surface area contributed by atoms with Crippen molar-refractivity contribution in [2.45, 2.75) is 44.6 Å². The quantitative estimate of drug-likeness (QED) is 0.873. The van der Waals surface area contributed by atoms with Gasteiger partial charge in [0.15, 0.2) is 11.5 Å². The molecule has 5 nitrogen and oxygen atoms in total. The summed E-state index contributed by atoms with van der Waals surface area (Å²) in [5, 5.41) is 9.16. The highest BCUT2D eigenvalue weighted by Crippen LogP contribution is 2.40. The summed E-state index contributed by atoms with van der Waals surface area (Å²) in [7, 11) is 3.70. The number of methoxy groups -OCH3 is 1. The van der Waals surface area contributed by atoms with Crippen molar-refractivity contribution in [2.24, 2.45) is 0 Å². The topological polar surface area (TPSA) is 59.0 Å². The number of carbonyl (C=O) groups is 1. The number of benzene rings is 1. The summed E-state index contributed by atoms with van der Waals surface area (Å²) < 4.78 is 11.8. The zero-order chi connectivity index (χ0) is 17.0. The molecule has 1 N–H and O–H groups in total. The summed E-state index contributed by atoms with van der Waals surface area (Å²) in [6.45, 7) is 5.82. The molecule has 0 bridgehead atoms. The average molecular weight is 321 g/mol. The number of aliphatic carboxylic acids is 1. The minimum Gasteiger partial charge on any atom is -0.493 e. The fourth-order valence-electron chi connectivity index (χ4n) is 3.22. The first kappa shape index (κ1) is 17.6. The third-order valence-electron chi connectivity index (χ3n) is 4.38. The van der Waals surface area contributed by atoms with Crippen molar-refractivity contribution >= 4 is 5.97 Å². The zero-order valence-corrected chi connectivity index (χ0v) is 14.5. The van der Waals surface area contributed by atoms with Crippen LogP contribution in [0.15, 0.2) is 18.2 Å². The number of ether oxygens (including phenoxy) is 2. The fourth-order valence-corrected chi connectivity index (χ4v) is 3.22. The molecule has 0 spiro atoms. The number of para-hydroxylation sites is 1. The molecule has 0 amide bonds. The van der Waals surface area contributed by atoms with Crippen molar-refractivity contribution < 1.29 is 19.4 Å². The molecule has 0 aromatic heterocycles. The van der Waals surface area contributed by atoms with Gasteiger partial charge in [-0.1, -0.05) is 26.0 Å². The molecule has 128 valence electrons. The van der Waals surface area contributed by atoms with E-state index in [1.165, 1.54) is 0 Å². The minimum absolute atomic E-state index is 0.0407. The van der Waals surface area contributed by atoms with Gasteiger partial charge in [-0.2, -0.15) is 0 Å². The van der Waals surface area contributed by atoms with E-state index in [4.69, 9.17) is 14.6 Å². The molecular weight excluding hydrogens is 294 g/mol. The lowest BCUT2D eigenvalue weighted by molar-refractivity contribution is -0.138. The second kappa shape index (κ2) is 7.21. The van der Waals surface area contributed by atoms with Gasteiger partial charge in [-0.15, -0.1) is 0 Å². The fraction of sp³-hybridized carbons (Fsp3) is 0.611. The Morgan fingerprint density at radius 1 is 1.43 bits per heavy atom. The Hall–Kier alpha value is -1.75. The Bertz CT molecular complexity index is 556. The molecule has 5 heteroatoms. The maximum Gasteiger partial charge on any atom is 0.304 e. The number of carboxylic acid groups (broad SMARTS) is 1. The summed E-state index contributed by atoms with van der Waals surface area (Å²) in [5.41, 5.74) is 0.337. The van der Waals surface area contributed by atoms with Crippen molar-refractivity contribution in [3.05, 3.63) is 23.8 Å². The van der Waals surface area contributed by atoms with E-state index >= 15 is 0 Å². The van der Waals surface area contributed by atoms with Gasteiger partial charge in [0.25, 0.3) is 0 Å². The summed E-state index contributed by atoms with van der Waals surface area (Å²) in [6.07, 6.45) is 2.32. The van der Waals surface area contributed by atoms with E-state index in [9.17, 15) is 4.79 Å². The highest BCUT2D eigenvalue weighted by Gasteiger charge is 2.30. The number of likely N-dealkylation sites (N-methyl/N-ethyl adjacent to an activating group) is 1. The minimum atomic E-state index is -0.822. The molecule has 1 unspecified atom stereocenters. The van der Waals surface area contributed by atoms with E-state index in [0.717, 1.165) is 31.5 Å². The Morgan fingerprint density at radius 2 is 2.17 bits per heavy atom. The van der Waals surface area contributed by atoms with Crippen molar-refractivity contribution in [2.75, 3.05) is 27.2 Å². The summed E-state index contributed by atoms with van der Waals surface area (Å²) in [5.74, 6) is 0.521. The third kappa shape index (κ3) is 4.38. The van der Waals surface area contributed by atoms with Crippen LogP contribution in [0.1, 0.15) is 38.7 Å². The summed E-state index contributed by atoms with van der Waals surface area (Å²) >= 11 is 0. The van der Waals surface area contributed by atoms with Crippen molar-refractivity contribution in [3.63, 3.8) is 0 Å². The van der Waals surface area contributed by atoms with Crippen LogP contribution in [0, 0.1) is 0 Å². The second-order valence-electron chi connectivity index (χ2n) is 6.94. The van der Waals surface area contributed by atoms with Gasteiger partial charge in [0, 0.05) is 17.5 Å². The van der Waals surface area contributed by atoms with Crippen LogP contribution in [0.2, 0.25) is 0 Å². The highest BCUT2D eigenvalue weighted by atomic mass is 16.5. The molecule has 1 heterocycles. The van der Waals surface area contributed by atoms with Crippen LogP contribution in [-0.2, 0) is 10.2 Å². The van der Waals surface area contributed by atoms with Crippen molar-refractivity contribution in [1.29, 1.82) is 0 Å². The maximum absolute atomic E-state index is 11.1. The Morgan fingerprint density at radius 3 is 2.78 bits per heavy atom. The molecule has 0 saturated carbocycles. The predicted molar refractivity (Wildman–Crippen MR) is 89.4 cm³/mol. The zero-order valence-electron chi connectivity index (χ0n) is 14.5. The van der Waals surface area contributed by atoms with Crippen LogP contribution in [0.5, 0.6) is 11.5 Å². The van der Waals surface area contributed by atoms with Gasteiger partial charge in [-0.05, 0) is 32.5 Å². The van der Waals surface area contributed by atoms with Crippen LogP contribution < -0.4 is 9.47 Å². The van der Waals surface area contributed by atoms with E-state index < -0.39 is 11.4 Å². The Labute approximate surface area is 138 Å². The molecule has 0 radical (unpaired) electrons. The normalized spacial score (nSPS) is 19.4. The first-order valence-corrected chi connectivity index (χ1v) is 8.08. The molecule has 0 aliphatic carbocycles. The van der Waals surface area contributed by atoms with E-state index in [1.807, 2.05) is 32.0 Å². The monoisotopic (exact) mass is 321 g/mol. The van der Waals surface area contributed by atoms with Gasteiger partial charge < -0.3 is 19.5 Å². The number of carboxylic acids is 1. The van der Waals surface area contributed by atoms with Crippen LogP contribution in [-0.4, -0.2) is 49.3 Å². The van der Waals surface area contributed by atoms with Gasteiger partial charge in [0.2, 0.25) is 0 Å². The van der Waals surface area contributed by atoms with E-state index in [1.54, 1.807) is 7.11 Å². The maximum atomic E-state index is 11.1. The second-order valence-corrected chi connectivity index (χ2v) is 6.94. The van der Waals surface area contributed by atoms with Crippen LogP contribution >= 0.6 is 0 Å². The number of hydrogen-bond acceptors (Lipinski definition) is 4. The molecule has 2 rings (SSSR count). The molecule has 1 atom stereocenters. The number of rotatable bonds is 6. The van der Waals surface area contributed by atoms with Gasteiger partial charge in [0.1, 0.15) is 6.10 Å². The molecule has 1 aromatic rings. The molecule has 23 heavy (non-hydrogen) atoms. The number of likely N-dealkylation sites (tertiary alicyclic amines) is 1. The highest BCUT2D eigenvalue weighted by molar-refractivity contribution is 5.69. The van der Waals surface area contributed by atoms with Crippen LogP contribution in [0.25, 0.3) is 0 Å². The summed E-state index contributed by atoms with van der Waals surface area (Å²) in [4.78, 5) is 13.4. The Kier molecular flexibility index (Phi) is 5.52. The average Bonchev–Trinajstić information content (AvgIpc) is 2.45. The number of piperidine rings is 1. The smallest absolute Gasteiger partial charge is 0.304 e. The van der Waals surface area contributed by atoms with Crippen molar-refractivity contribution in [1.82, 2.24) is 4.90 Å². The lowest BCUT2D eigenvalue weighted by Crippen LogP contribution is -2.38. The molecular formula is C18H27NO4. The molecule has 1 fully saturated rings. The van der Waals surface area contributed by atoms with E-state index in [0.29, 0.717) is 11.5 Å². The molecule has 1 aliphatic rings. The summed E-state index contributed by atoms with van der Waals surface area (Å²) in [6, 6.07) is 5.72. The molecule has 1 saturated heterocycles. The van der Waals surface area contributed by atoms with Gasteiger partial charge >= 0.3 is 5.97 Å². The SMILES string of the molecule is COc1c(OC2CCCN(C)C2)cccc1C(C)(C)CC(=O)O.